The van der Waals surface area contributed by atoms with E-state index in [2.05, 4.69) is 33.1 Å². The van der Waals surface area contributed by atoms with Crippen LogP contribution in [0.2, 0.25) is 5.28 Å². The van der Waals surface area contributed by atoms with E-state index in [1.165, 1.54) is 0 Å². The number of hydrogen-bond donors (Lipinski definition) is 1. The molecule has 0 aliphatic rings. The van der Waals surface area contributed by atoms with Crippen LogP contribution in [0.15, 0.2) is 0 Å². The minimum Gasteiger partial charge on any atom is -0.341 e. The molecule has 0 bridgehead atoms. The first kappa shape index (κ1) is 15.5. The van der Waals surface area contributed by atoms with Gasteiger partial charge in [0.2, 0.25) is 17.2 Å². The highest BCUT2D eigenvalue weighted by Gasteiger charge is 2.12. The zero-order chi connectivity index (χ0) is 14.3. The Kier molecular flexibility index (Phi) is 6.37. The van der Waals surface area contributed by atoms with E-state index in [1.807, 2.05) is 18.7 Å². The third kappa shape index (κ3) is 4.56. The Hall–Kier alpha value is -1.54. The highest BCUT2D eigenvalue weighted by Crippen LogP contribution is 2.14. The van der Waals surface area contributed by atoms with Gasteiger partial charge in [-0.1, -0.05) is 19.3 Å². The van der Waals surface area contributed by atoms with Crippen molar-refractivity contribution in [3.8, 4) is 12.3 Å². The summed E-state index contributed by atoms with van der Waals surface area (Å²) in [6, 6.07) is -0.0898. The topological polar surface area (TPSA) is 53.9 Å². The molecule has 104 valence electrons. The van der Waals surface area contributed by atoms with Gasteiger partial charge in [-0.2, -0.15) is 15.0 Å². The van der Waals surface area contributed by atoms with E-state index in [-0.39, 0.29) is 11.3 Å². The van der Waals surface area contributed by atoms with E-state index in [9.17, 15) is 0 Å². The van der Waals surface area contributed by atoms with Crippen LogP contribution in [0.1, 0.15) is 33.6 Å². The summed E-state index contributed by atoms with van der Waals surface area (Å²) < 4.78 is 0. The fourth-order valence-electron chi connectivity index (χ4n) is 1.69. The summed E-state index contributed by atoms with van der Waals surface area (Å²) in [6.07, 6.45) is 7.32. The predicted octanol–water partition coefficient (Wildman–Crippen LogP) is 2.59. The van der Waals surface area contributed by atoms with Gasteiger partial charge >= 0.3 is 0 Å². The number of terminal acetylenes is 1. The van der Waals surface area contributed by atoms with Crippen LogP contribution in [0.4, 0.5) is 11.9 Å². The molecule has 1 atom stereocenters. The molecule has 0 spiro atoms. The van der Waals surface area contributed by atoms with E-state index < -0.39 is 0 Å². The Labute approximate surface area is 119 Å². The molecule has 1 N–H and O–H groups in total. The van der Waals surface area contributed by atoms with Crippen molar-refractivity contribution in [3.05, 3.63) is 5.28 Å². The third-order valence-corrected chi connectivity index (χ3v) is 2.89. The lowest BCUT2D eigenvalue weighted by Crippen LogP contribution is -2.26. The van der Waals surface area contributed by atoms with Crippen molar-refractivity contribution in [2.24, 2.45) is 0 Å². The number of rotatable bonds is 7. The molecule has 0 saturated heterocycles. The summed E-state index contributed by atoms with van der Waals surface area (Å²) in [4.78, 5) is 14.6. The average Bonchev–Trinajstić information content (AvgIpc) is 2.39. The molecular weight excluding hydrogens is 262 g/mol. The first-order valence-electron chi connectivity index (χ1n) is 6.53. The lowest BCUT2D eigenvalue weighted by Gasteiger charge is -2.19. The van der Waals surface area contributed by atoms with Gasteiger partial charge in [0.05, 0.1) is 6.04 Å². The van der Waals surface area contributed by atoms with Gasteiger partial charge < -0.3 is 10.2 Å². The number of halogens is 1. The molecule has 1 unspecified atom stereocenters. The Bertz CT molecular complexity index is 439. The summed E-state index contributed by atoms with van der Waals surface area (Å²) in [7, 11) is 0. The molecule has 0 saturated carbocycles. The van der Waals surface area contributed by atoms with E-state index in [1.54, 1.807) is 0 Å². The van der Waals surface area contributed by atoms with Gasteiger partial charge in [-0.3, -0.25) is 0 Å². The highest BCUT2D eigenvalue weighted by molar-refractivity contribution is 6.28. The van der Waals surface area contributed by atoms with E-state index in [4.69, 9.17) is 18.0 Å². The van der Waals surface area contributed by atoms with Crippen LogP contribution in [-0.2, 0) is 0 Å². The number of nitrogens with one attached hydrogen (secondary N) is 1. The predicted molar refractivity (Wildman–Crippen MR) is 79.5 cm³/mol. The maximum Gasteiger partial charge on any atom is 0.231 e. The second-order valence-electron chi connectivity index (χ2n) is 4.05. The summed E-state index contributed by atoms with van der Waals surface area (Å²) in [5, 5.41) is 3.28. The molecule has 1 aromatic rings. The molecule has 1 heterocycles. The molecule has 0 fully saturated rings. The van der Waals surface area contributed by atoms with Gasteiger partial charge in [-0.25, -0.2) is 0 Å². The van der Waals surface area contributed by atoms with Crippen LogP contribution in [0.5, 0.6) is 0 Å². The SMILES string of the molecule is C#CC(CCC)Nc1nc(Cl)nc(N(CC)CC)n1. The van der Waals surface area contributed by atoms with Gasteiger partial charge in [-0.15, -0.1) is 6.42 Å². The van der Waals surface area contributed by atoms with Gasteiger partial charge in [0.25, 0.3) is 0 Å². The van der Waals surface area contributed by atoms with Crippen LogP contribution in [0.3, 0.4) is 0 Å². The molecule has 5 nitrogen and oxygen atoms in total. The van der Waals surface area contributed by atoms with Gasteiger partial charge in [0.15, 0.2) is 0 Å². The maximum absolute atomic E-state index is 5.93. The molecule has 6 heteroatoms. The summed E-state index contributed by atoms with van der Waals surface area (Å²) in [5.74, 6) is 3.68. The molecule has 0 amide bonds. The minimum absolute atomic E-state index is 0.0898. The van der Waals surface area contributed by atoms with E-state index >= 15 is 0 Å². The molecule has 19 heavy (non-hydrogen) atoms. The number of nitrogens with zero attached hydrogens (tertiary/aromatic N) is 4. The van der Waals surface area contributed by atoms with Crippen molar-refractivity contribution in [1.82, 2.24) is 15.0 Å². The van der Waals surface area contributed by atoms with Crippen molar-refractivity contribution in [3.63, 3.8) is 0 Å². The van der Waals surface area contributed by atoms with Crippen molar-refractivity contribution >= 4 is 23.5 Å². The second-order valence-corrected chi connectivity index (χ2v) is 4.39. The molecule has 1 rings (SSSR count). The largest absolute Gasteiger partial charge is 0.341 e. The maximum atomic E-state index is 5.93. The Morgan fingerprint density at radius 3 is 2.47 bits per heavy atom. The molecule has 1 aromatic heterocycles. The lowest BCUT2D eigenvalue weighted by molar-refractivity contribution is 0.743. The summed E-state index contributed by atoms with van der Waals surface area (Å²) >= 11 is 5.93. The Morgan fingerprint density at radius 1 is 1.26 bits per heavy atom. The summed E-state index contributed by atoms with van der Waals surface area (Å²) in [5.41, 5.74) is 0. The summed E-state index contributed by atoms with van der Waals surface area (Å²) in [6.45, 7) is 7.77. The minimum atomic E-state index is -0.0898. The van der Waals surface area contributed by atoms with Crippen LogP contribution < -0.4 is 10.2 Å². The third-order valence-electron chi connectivity index (χ3n) is 2.72. The van der Waals surface area contributed by atoms with Gasteiger partial charge in [0.1, 0.15) is 0 Å². The molecule has 0 aliphatic carbocycles. The van der Waals surface area contributed by atoms with Gasteiger partial charge in [0, 0.05) is 13.1 Å². The van der Waals surface area contributed by atoms with Crippen LogP contribution in [0.25, 0.3) is 0 Å². The van der Waals surface area contributed by atoms with Crippen molar-refractivity contribution < 1.29 is 0 Å². The first-order valence-corrected chi connectivity index (χ1v) is 6.91. The van der Waals surface area contributed by atoms with Crippen LogP contribution >= 0.6 is 11.6 Å². The van der Waals surface area contributed by atoms with E-state index in [0.29, 0.717) is 11.9 Å². The number of anilines is 2. The zero-order valence-electron chi connectivity index (χ0n) is 11.6. The first-order chi connectivity index (χ1) is 9.14. The van der Waals surface area contributed by atoms with E-state index in [0.717, 1.165) is 25.9 Å². The Balaban J connectivity index is 2.93. The standard InChI is InChI=1S/C13H20ClN5/c1-5-9-10(6-2)15-12-16-11(14)17-13(18-12)19(7-3)8-4/h2,10H,5,7-9H2,1,3-4H3,(H,15,16,17,18). The quantitative estimate of drug-likeness (QED) is 0.779. The van der Waals surface area contributed by atoms with Crippen LogP contribution in [0, 0.1) is 12.3 Å². The van der Waals surface area contributed by atoms with Crippen molar-refractivity contribution in [1.29, 1.82) is 0 Å². The smallest absolute Gasteiger partial charge is 0.231 e. The highest BCUT2D eigenvalue weighted by atomic mass is 35.5. The molecular formula is C13H20ClN5. The van der Waals surface area contributed by atoms with Crippen molar-refractivity contribution in [2.45, 2.75) is 39.7 Å². The lowest BCUT2D eigenvalue weighted by atomic mass is 10.2. The van der Waals surface area contributed by atoms with Crippen molar-refractivity contribution in [2.75, 3.05) is 23.3 Å². The fourth-order valence-corrected chi connectivity index (χ4v) is 1.85. The van der Waals surface area contributed by atoms with Gasteiger partial charge in [-0.05, 0) is 31.9 Å². The monoisotopic (exact) mass is 281 g/mol. The Morgan fingerprint density at radius 2 is 1.95 bits per heavy atom. The zero-order valence-corrected chi connectivity index (χ0v) is 12.4. The molecule has 0 aromatic carbocycles. The molecule has 0 radical (unpaired) electrons. The average molecular weight is 282 g/mol. The number of aromatic nitrogens is 3. The normalized spacial score (nSPS) is 11.7. The van der Waals surface area contributed by atoms with Crippen LogP contribution in [-0.4, -0.2) is 34.1 Å². The fraction of sp³-hybridized carbons (Fsp3) is 0.615. The molecule has 0 aliphatic heterocycles. The second kappa shape index (κ2) is 7.80. The number of hydrogen-bond acceptors (Lipinski definition) is 5.